The summed E-state index contributed by atoms with van der Waals surface area (Å²) in [6.07, 6.45) is 0.542. The van der Waals surface area contributed by atoms with Crippen molar-refractivity contribution in [3.8, 4) is 0 Å². The second-order valence-electron chi connectivity index (χ2n) is 6.36. The average Bonchev–Trinajstić information content (AvgIpc) is 2.90. The molecule has 1 atom stereocenters. The van der Waals surface area contributed by atoms with Gasteiger partial charge in [0.2, 0.25) is 11.8 Å². The molecule has 1 fully saturated rings. The molecule has 0 aliphatic carbocycles. The van der Waals surface area contributed by atoms with E-state index in [1.165, 1.54) is 11.8 Å². The SMILES string of the molecule is CC(=O)N(CCc1cccc(Cl)c1)C1CC(=O)N(c2ccc(Br)cc2)C1=O. The smallest absolute Gasteiger partial charge is 0.257 e. The van der Waals surface area contributed by atoms with Crippen molar-refractivity contribution in [3.63, 3.8) is 0 Å². The number of carbonyl (C=O) groups excluding carboxylic acids is 3. The second-order valence-corrected chi connectivity index (χ2v) is 7.71. The lowest BCUT2D eigenvalue weighted by atomic mass is 10.1. The Kier molecular flexibility index (Phi) is 5.97. The van der Waals surface area contributed by atoms with Crippen molar-refractivity contribution in [2.45, 2.75) is 25.8 Å². The fraction of sp³-hybridized carbons (Fsp3) is 0.250. The Balaban J connectivity index is 1.77. The monoisotopic (exact) mass is 448 g/mol. The number of rotatable bonds is 5. The van der Waals surface area contributed by atoms with E-state index in [0.717, 1.165) is 14.9 Å². The summed E-state index contributed by atoms with van der Waals surface area (Å²) in [6, 6.07) is 13.5. The van der Waals surface area contributed by atoms with Gasteiger partial charge < -0.3 is 4.90 Å². The van der Waals surface area contributed by atoms with Gasteiger partial charge in [-0.1, -0.05) is 39.7 Å². The van der Waals surface area contributed by atoms with Crippen LogP contribution in [0.2, 0.25) is 5.02 Å². The van der Waals surface area contributed by atoms with Crippen molar-refractivity contribution >= 4 is 50.9 Å². The molecule has 1 aliphatic rings. The van der Waals surface area contributed by atoms with Gasteiger partial charge >= 0.3 is 0 Å². The molecule has 0 aromatic heterocycles. The summed E-state index contributed by atoms with van der Waals surface area (Å²) in [5, 5.41) is 0.621. The average molecular weight is 450 g/mol. The van der Waals surface area contributed by atoms with E-state index in [1.807, 2.05) is 18.2 Å². The topological polar surface area (TPSA) is 57.7 Å². The lowest BCUT2D eigenvalue weighted by Crippen LogP contribution is -2.45. The Morgan fingerprint density at radius 2 is 1.93 bits per heavy atom. The molecular weight excluding hydrogens is 432 g/mol. The number of benzene rings is 2. The van der Waals surface area contributed by atoms with Crippen LogP contribution in [-0.2, 0) is 20.8 Å². The fourth-order valence-electron chi connectivity index (χ4n) is 3.20. The molecule has 0 radical (unpaired) electrons. The molecule has 0 N–H and O–H groups in total. The predicted molar refractivity (Wildman–Crippen MR) is 108 cm³/mol. The Hall–Kier alpha value is -2.18. The van der Waals surface area contributed by atoms with Gasteiger partial charge in [0.25, 0.3) is 5.91 Å². The molecule has 0 bridgehead atoms. The van der Waals surface area contributed by atoms with Crippen LogP contribution in [-0.4, -0.2) is 35.2 Å². The molecule has 2 aromatic carbocycles. The zero-order valence-electron chi connectivity index (χ0n) is 14.7. The molecular formula is C20H18BrClN2O3. The standard InChI is InChI=1S/C20H18BrClN2O3/c1-13(25)23(10-9-14-3-2-4-16(22)11-14)18-12-19(26)24(20(18)27)17-7-5-15(21)6-8-17/h2-8,11,18H,9-10,12H2,1H3. The third-order valence-corrected chi connectivity index (χ3v) is 5.28. The molecule has 140 valence electrons. The van der Waals surface area contributed by atoms with Gasteiger partial charge in [-0.25, -0.2) is 4.90 Å². The van der Waals surface area contributed by atoms with Crippen molar-refractivity contribution in [2.24, 2.45) is 0 Å². The highest BCUT2D eigenvalue weighted by Crippen LogP contribution is 2.27. The molecule has 1 unspecified atom stereocenters. The third-order valence-electron chi connectivity index (χ3n) is 4.52. The van der Waals surface area contributed by atoms with E-state index >= 15 is 0 Å². The van der Waals surface area contributed by atoms with E-state index in [0.29, 0.717) is 23.7 Å². The Morgan fingerprint density at radius 3 is 2.56 bits per heavy atom. The summed E-state index contributed by atoms with van der Waals surface area (Å²) >= 11 is 9.34. The summed E-state index contributed by atoms with van der Waals surface area (Å²) in [5.41, 5.74) is 1.48. The minimum absolute atomic E-state index is 0.00990. The molecule has 1 saturated heterocycles. The third kappa shape index (κ3) is 4.39. The lowest BCUT2D eigenvalue weighted by molar-refractivity contribution is -0.136. The van der Waals surface area contributed by atoms with E-state index in [4.69, 9.17) is 11.6 Å². The molecule has 2 aromatic rings. The Morgan fingerprint density at radius 1 is 1.22 bits per heavy atom. The van der Waals surface area contributed by atoms with Gasteiger partial charge in [0.1, 0.15) is 6.04 Å². The number of anilines is 1. The number of halogens is 2. The first-order valence-corrected chi connectivity index (χ1v) is 9.68. The molecule has 27 heavy (non-hydrogen) atoms. The van der Waals surface area contributed by atoms with Crippen LogP contribution in [0.25, 0.3) is 0 Å². The van der Waals surface area contributed by atoms with E-state index in [9.17, 15) is 14.4 Å². The first-order chi connectivity index (χ1) is 12.9. The van der Waals surface area contributed by atoms with Crippen LogP contribution in [0.4, 0.5) is 5.69 Å². The lowest BCUT2D eigenvalue weighted by Gasteiger charge is -2.26. The second kappa shape index (κ2) is 8.23. The summed E-state index contributed by atoms with van der Waals surface area (Å²) in [6.45, 7) is 1.76. The van der Waals surface area contributed by atoms with Crippen LogP contribution in [0.3, 0.4) is 0 Å². The van der Waals surface area contributed by atoms with Gasteiger partial charge in [0, 0.05) is 23.0 Å². The Bertz CT molecular complexity index is 885. The zero-order chi connectivity index (χ0) is 19.6. The van der Waals surface area contributed by atoms with Gasteiger partial charge in [0.05, 0.1) is 12.1 Å². The van der Waals surface area contributed by atoms with E-state index in [-0.39, 0.29) is 24.1 Å². The number of hydrogen-bond donors (Lipinski definition) is 0. The van der Waals surface area contributed by atoms with Crippen molar-refractivity contribution in [1.29, 1.82) is 0 Å². The fourth-order valence-corrected chi connectivity index (χ4v) is 3.67. The van der Waals surface area contributed by atoms with Crippen LogP contribution in [0.15, 0.2) is 53.0 Å². The molecule has 5 nitrogen and oxygen atoms in total. The van der Waals surface area contributed by atoms with Gasteiger partial charge in [-0.3, -0.25) is 14.4 Å². The number of nitrogens with zero attached hydrogens (tertiary/aromatic N) is 2. The molecule has 0 saturated carbocycles. The quantitative estimate of drug-likeness (QED) is 0.652. The number of hydrogen-bond acceptors (Lipinski definition) is 3. The molecule has 3 rings (SSSR count). The molecule has 1 aliphatic heterocycles. The maximum absolute atomic E-state index is 12.9. The highest BCUT2D eigenvalue weighted by molar-refractivity contribution is 9.10. The summed E-state index contributed by atoms with van der Waals surface area (Å²) in [5.74, 6) is -0.911. The minimum atomic E-state index is -0.780. The molecule has 7 heteroatoms. The van der Waals surface area contributed by atoms with Crippen LogP contribution in [0.1, 0.15) is 18.9 Å². The van der Waals surface area contributed by atoms with Crippen molar-refractivity contribution in [3.05, 3.63) is 63.6 Å². The van der Waals surface area contributed by atoms with Crippen molar-refractivity contribution in [2.75, 3.05) is 11.4 Å². The van der Waals surface area contributed by atoms with Crippen LogP contribution < -0.4 is 4.90 Å². The van der Waals surface area contributed by atoms with Crippen LogP contribution in [0.5, 0.6) is 0 Å². The summed E-state index contributed by atoms with van der Waals surface area (Å²) < 4.78 is 0.855. The van der Waals surface area contributed by atoms with Crippen molar-refractivity contribution in [1.82, 2.24) is 4.90 Å². The summed E-state index contributed by atoms with van der Waals surface area (Å²) in [4.78, 5) is 40.2. The van der Waals surface area contributed by atoms with Gasteiger partial charge in [-0.2, -0.15) is 0 Å². The number of imide groups is 1. The molecule has 0 spiro atoms. The predicted octanol–water partition coefficient (Wildman–Crippen LogP) is 3.83. The highest BCUT2D eigenvalue weighted by Gasteiger charge is 2.43. The maximum Gasteiger partial charge on any atom is 0.257 e. The normalized spacial score (nSPS) is 16.7. The van der Waals surface area contributed by atoms with Gasteiger partial charge in [-0.05, 0) is 48.4 Å². The first-order valence-electron chi connectivity index (χ1n) is 8.51. The molecule has 1 heterocycles. The largest absolute Gasteiger partial charge is 0.330 e. The van der Waals surface area contributed by atoms with Crippen LogP contribution >= 0.6 is 27.5 Å². The Labute approximate surface area is 171 Å². The van der Waals surface area contributed by atoms with E-state index in [2.05, 4.69) is 15.9 Å². The zero-order valence-corrected chi connectivity index (χ0v) is 17.0. The molecule has 3 amide bonds. The number of carbonyl (C=O) groups is 3. The van der Waals surface area contributed by atoms with Gasteiger partial charge in [0.15, 0.2) is 0 Å². The first kappa shape index (κ1) is 19.6. The summed E-state index contributed by atoms with van der Waals surface area (Å²) in [7, 11) is 0. The minimum Gasteiger partial charge on any atom is -0.330 e. The van der Waals surface area contributed by atoms with Crippen LogP contribution in [0, 0.1) is 0 Å². The highest BCUT2D eigenvalue weighted by atomic mass is 79.9. The number of amides is 3. The van der Waals surface area contributed by atoms with Crippen molar-refractivity contribution < 1.29 is 14.4 Å². The maximum atomic E-state index is 12.9. The van der Waals surface area contributed by atoms with Gasteiger partial charge in [-0.15, -0.1) is 0 Å². The van der Waals surface area contributed by atoms with E-state index < -0.39 is 6.04 Å². The van der Waals surface area contributed by atoms with E-state index in [1.54, 1.807) is 30.3 Å².